The molecule has 37 heavy (non-hydrogen) atoms. The number of ether oxygens (including phenoxy) is 3. The van der Waals surface area contributed by atoms with Crippen molar-refractivity contribution in [1.82, 2.24) is 0 Å². The van der Waals surface area contributed by atoms with E-state index in [4.69, 9.17) is 14.2 Å². The number of aliphatic hydroxyl groups is 4. The Kier molecular flexibility index (Phi) is 9.93. The molecular weight excluding hydrogens is 472 g/mol. The number of hydrogen-bond acceptors (Lipinski definition) is 7. The summed E-state index contributed by atoms with van der Waals surface area (Å²) < 4.78 is 17.8. The molecule has 0 bridgehead atoms. The maximum absolute atomic E-state index is 10.3. The van der Waals surface area contributed by atoms with E-state index in [0.717, 1.165) is 47.5 Å². The molecule has 0 aliphatic carbocycles. The molecule has 5 atom stereocenters. The van der Waals surface area contributed by atoms with Gasteiger partial charge >= 0.3 is 0 Å². The summed E-state index contributed by atoms with van der Waals surface area (Å²) in [5.74, 6) is 1.50. The molecule has 0 radical (unpaired) electrons. The first kappa shape index (κ1) is 27.1. The number of hydrogen-bond donors (Lipinski definition) is 4. The lowest BCUT2D eigenvalue weighted by Crippen LogP contribution is -2.58. The second kappa shape index (κ2) is 13.6. The van der Waals surface area contributed by atoms with Gasteiger partial charge in [0.15, 0.2) is 0 Å². The molecule has 1 fully saturated rings. The fourth-order valence-corrected chi connectivity index (χ4v) is 4.52. The van der Waals surface area contributed by atoms with E-state index < -0.39 is 37.1 Å². The maximum Gasteiger partial charge on any atom is 0.126 e. The van der Waals surface area contributed by atoms with Crippen LogP contribution in [-0.2, 0) is 24.4 Å². The second-order valence-corrected chi connectivity index (χ2v) is 9.43. The first-order valence-corrected chi connectivity index (χ1v) is 12.8. The highest BCUT2D eigenvalue weighted by Gasteiger charge is 2.42. The highest BCUT2D eigenvalue weighted by Crippen LogP contribution is 2.29. The first-order chi connectivity index (χ1) is 18.0. The Hall–Kier alpha value is -2.94. The quantitative estimate of drug-likeness (QED) is 0.278. The van der Waals surface area contributed by atoms with Crippen molar-refractivity contribution < 1.29 is 34.6 Å². The minimum Gasteiger partial charge on any atom is -0.489 e. The van der Waals surface area contributed by atoms with Gasteiger partial charge in [0.05, 0.1) is 12.7 Å². The average Bonchev–Trinajstić information content (AvgIpc) is 2.94. The smallest absolute Gasteiger partial charge is 0.126 e. The van der Waals surface area contributed by atoms with Gasteiger partial charge in [-0.3, -0.25) is 0 Å². The van der Waals surface area contributed by atoms with Crippen LogP contribution in [0, 0.1) is 0 Å². The second-order valence-electron chi connectivity index (χ2n) is 9.43. The summed E-state index contributed by atoms with van der Waals surface area (Å²) in [6.07, 6.45) is -2.58. The molecule has 0 aromatic heterocycles. The average molecular weight is 509 g/mol. The third kappa shape index (κ3) is 7.53. The van der Waals surface area contributed by atoms with Crippen LogP contribution in [0.3, 0.4) is 0 Å². The van der Waals surface area contributed by atoms with Crippen LogP contribution in [0.5, 0.6) is 11.5 Å². The number of aryl methyl sites for hydroxylation is 1. The van der Waals surface area contributed by atoms with Crippen molar-refractivity contribution in [1.29, 1.82) is 0 Å². The van der Waals surface area contributed by atoms with Gasteiger partial charge in [-0.05, 0) is 42.0 Å². The van der Waals surface area contributed by atoms with E-state index in [2.05, 4.69) is 0 Å². The normalized spacial score (nSPS) is 23.5. The highest BCUT2D eigenvalue weighted by atomic mass is 16.5. The van der Waals surface area contributed by atoms with Crippen molar-refractivity contribution in [3.8, 4) is 11.5 Å². The summed E-state index contributed by atoms with van der Waals surface area (Å²) in [6, 6.07) is 25.9. The van der Waals surface area contributed by atoms with Gasteiger partial charge in [-0.1, -0.05) is 73.2 Å². The fraction of sp³-hybridized carbons (Fsp3) is 0.400. The molecule has 198 valence electrons. The lowest BCUT2D eigenvalue weighted by atomic mass is 9.92. The predicted molar refractivity (Wildman–Crippen MR) is 139 cm³/mol. The molecule has 0 saturated carbocycles. The molecule has 4 N–H and O–H groups in total. The Balaban J connectivity index is 1.36. The zero-order chi connectivity index (χ0) is 26.0. The van der Waals surface area contributed by atoms with Crippen LogP contribution in [0.25, 0.3) is 0 Å². The van der Waals surface area contributed by atoms with Crippen LogP contribution in [0.1, 0.15) is 36.0 Å². The van der Waals surface area contributed by atoms with E-state index in [1.807, 2.05) is 78.9 Å². The van der Waals surface area contributed by atoms with Crippen molar-refractivity contribution in [2.45, 2.75) is 69.4 Å². The van der Waals surface area contributed by atoms with E-state index in [9.17, 15) is 20.4 Å². The highest BCUT2D eigenvalue weighted by molar-refractivity contribution is 5.41. The summed E-state index contributed by atoms with van der Waals surface area (Å²) in [5.41, 5.74) is 3.22. The Morgan fingerprint density at radius 3 is 1.95 bits per heavy atom. The molecule has 0 spiro atoms. The van der Waals surface area contributed by atoms with Crippen LogP contribution < -0.4 is 9.47 Å². The third-order valence-electron chi connectivity index (χ3n) is 6.70. The largest absolute Gasteiger partial charge is 0.489 e. The number of rotatable bonds is 12. The minimum absolute atomic E-state index is 0.414. The molecule has 1 saturated heterocycles. The van der Waals surface area contributed by atoms with Gasteiger partial charge in [0.25, 0.3) is 0 Å². The van der Waals surface area contributed by atoms with Crippen molar-refractivity contribution >= 4 is 0 Å². The fourth-order valence-electron chi connectivity index (χ4n) is 4.52. The van der Waals surface area contributed by atoms with Gasteiger partial charge in [-0.25, -0.2) is 0 Å². The number of aliphatic hydroxyl groups excluding tert-OH is 4. The summed E-state index contributed by atoms with van der Waals surface area (Å²) >= 11 is 0. The van der Waals surface area contributed by atoms with Gasteiger partial charge < -0.3 is 34.6 Å². The van der Waals surface area contributed by atoms with Crippen molar-refractivity contribution in [3.05, 3.63) is 95.6 Å². The Morgan fingerprint density at radius 1 is 0.676 bits per heavy atom. The molecular formula is C30H36O7. The summed E-state index contributed by atoms with van der Waals surface area (Å²) in [7, 11) is 0. The molecule has 0 unspecified atom stereocenters. The van der Waals surface area contributed by atoms with Crippen molar-refractivity contribution in [2.24, 2.45) is 0 Å². The molecule has 3 aromatic carbocycles. The number of unbranched alkanes of at least 4 members (excludes halogenated alkanes) is 1. The van der Waals surface area contributed by atoms with Crippen LogP contribution in [0.2, 0.25) is 0 Å². The van der Waals surface area contributed by atoms with Gasteiger partial charge in [0.2, 0.25) is 0 Å². The summed E-state index contributed by atoms with van der Waals surface area (Å²) in [6.45, 7) is 0.501. The molecule has 0 amide bonds. The lowest BCUT2D eigenvalue weighted by molar-refractivity contribution is -0.230. The predicted octanol–water partition coefficient (Wildman–Crippen LogP) is 3.40. The number of benzene rings is 3. The SMILES string of the molecule is OC[C@H]1O[C@@H](CCCCc2ccc(OCc3ccccc3)cc2OCc2ccccc2)[C@H](O)[C@@H](O)[C@@H]1O. The van der Waals surface area contributed by atoms with Crippen LogP contribution in [-0.4, -0.2) is 57.6 Å². The van der Waals surface area contributed by atoms with E-state index in [1.54, 1.807) is 0 Å². The van der Waals surface area contributed by atoms with Gasteiger partial charge in [0, 0.05) is 6.07 Å². The van der Waals surface area contributed by atoms with Gasteiger partial charge in [0.1, 0.15) is 49.1 Å². The Morgan fingerprint density at radius 2 is 1.30 bits per heavy atom. The molecule has 7 heteroatoms. The van der Waals surface area contributed by atoms with Gasteiger partial charge in [-0.15, -0.1) is 0 Å². The monoisotopic (exact) mass is 508 g/mol. The van der Waals surface area contributed by atoms with Crippen molar-refractivity contribution in [3.63, 3.8) is 0 Å². The molecule has 4 rings (SSSR count). The van der Waals surface area contributed by atoms with E-state index >= 15 is 0 Å². The summed E-state index contributed by atoms with van der Waals surface area (Å²) in [4.78, 5) is 0. The minimum atomic E-state index is -1.34. The maximum atomic E-state index is 10.3. The topological polar surface area (TPSA) is 109 Å². The standard InChI is InChI=1S/C30H36O7/c31-18-27-29(33)30(34)28(32)25(37-27)14-8-7-13-23-15-16-24(35-19-21-9-3-1-4-10-21)17-26(23)36-20-22-11-5-2-6-12-22/h1-6,9-12,15-17,25,27-34H,7-8,13-14,18-20H2/t25-,27+,28-,29+,30+/m0/s1. The summed E-state index contributed by atoms with van der Waals surface area (Å²) in [5, 5.41) is 39.6. The molecule has 1 aliphatic rings. The molecule has 7 nitrogen and oxygen atoms in total. The first-order valence-electron chi connectivity index (χ1n) is 12.8. The van der Waals surface area contributed by atoms with Gasteiger partial charge in [-0.2, -0.15) is 0 Å². The zero-order valence-corrected chi connectivity index (χ0v) is 20.9. The van der Waals surface area contributed by atoms with Crippen LogP contribution in [0.15, 0.2) is 78.9 Å². The van der Waals surface area contributed by atoms with E-state index in [0.29, 0.717) is 19.6 Å². The van der Waals surface area contributed by atoms with Crippen LogP contribution in [0.4, 0.5) is 0 Å². The lowest BCUT2D eigenvalue weighted by Gasteiger charge is -2.40. The zero-order valence-electron chi connectivity index (χ0n) is 20.9. The van der Waals surface area contributed by atoms with E-state index in [-0.39, 0.29) is 0 Å². The Labute approximate surface area is 217 Å². The molecule has 1 aliphatic heterocycles. The van der Waals surface area contributed by atoms with E-state index in [1.165, 1.54) is 0 Å². The third-order valence-corrected chi connectivity index (χ3v) is 6.70. The Bertz CT molecular complexity index is 1070. The van der Waals surface area contributed by atoms with Crippen LogP contribution >= 0.6 is 0 Å². The van der Waals surface area contributed by atoms with Crippen molar-refractivity contribution in [2.75, 3.05) is 6.61 Å². The molecule has 3 aromatic rings. The molecule has 1 heterocycles.